The van der Waals surface area contributed by atoms with Gasteiger partial charge in [-0.15, -0.1) is 0 Å². The van der Waals surface area contributed by atoms with Crippen molar-refractivity contribution in [3.8, 4) is 0 Å². The Hall–Kier alpha value is -3.47. The molecule has 168 valence electrons. The van der Waals surface area contributed by atoms with Crippen molar-refractivity contribution in [3.05, 3.63) is 35.9 Å². The predicted molar refractivity (Wildman–Crippen MR) is 111 cm³/mol. The average molecular weight is 433 g/mol. The number of hydrogen-bond donors (Lipinski definition) is 6. The van der Waals surface area contributed by atoms with Gasteiger partial charge in [0, 0.05) is 18.7 Å². The highest BCUT2D eigenvalue weighted by atomic mass is 16.4. The lowest BCUT2D eigenvalue weighted by Crippen LogP contribution is -2.45. The monoisotopic (exact) mass is 433 g/mol. The summed E-state index contributed by atoms with van der Waals surface area (Å²) in [5.41, 5.74) is 0.399. The van der Waals surface area contributed by atoms with Crippen LogP contribution >= 0.6 is 0 Å². The van der Waals surface area contributed by atoms with Crippen molar-refractivity contribution >= 4 is 29.7 Å². The molecule has 0 radical (unpaired) electrons. The van der Waals surface area contributed by atoms with Gasteiger partial charge in [0.25, 0.3) is 5.91 Å². The van der Waals surface area contributed by atoms with E-state index in [-0.39, 0.29) is 32.0 Å². The standard InChI is InChI=1S/C20H27N5O6/c26-11-5-9-14-18(29)25-20(24-14)21-10-4-8-15(19(30)31)23-16(27)12-22-17(28)13-6-2-1-3-7-13/h1-3,6-7,14-15,26H,4-5,8-12H2,(H,22,28)(H,23,27)(H,30,31)(H2,21,24,25,29)/t14?,15-/m0/s1. The number of aliphatic carboxylic acids is 1. The Morgan fingerprint density at radius 3 is 2.58 bits per heavy atom. The van der Waals surface area contributed by atoms with E-state index in [1.165, 1.54) is 0 Å². The number of carbonyl (C=O) groups excluding carboxylic acids is 3. The van der Waals surface area contributed by atoms with Crippen LogP contribution in [-0.2, 0) is 14.4 Å². The van der Waals surface area contributed by atoms with Gasteiger partial charge < -0.3 is 26.2 Å². The van der Waals surface area contributed by atoms with Crippen molar-refractivity contribution in [2.24, 2.45) is 4.99 Å². The molecule has 0 bridgehead atoms. The van der Waals surface area contributed by atoms with Crippen molar-refractivity contribution in [1.82, 2.24) is 21.3 Å². The molecule has 11 nitrogen and oxygen atoms in total. The number of hydrogen-bond acceptors (Lipinski definition) is 6. The van der Waals surface area contributed by atoms with Crippen LogP contribution in [0.2, 0.25) is 0 Å². The SMILES string of the molecule is O=C(CNC(=O)c1ccccc1)N[C@@H](CCCN=C1NC(=O)C(CCCO)N1)C(=O)O. The summed E-state index contributed by atoms with van der Waals surface area (Å²) in [5, 5.41) is 28.5. The molecule has 2 atom stereocenters. The van der Waals surface area contributed by atoms with E-state index >= 15 is 0 Å². The van der Waals surface area contributed by atoms with E-state index in [4.69, 9.17) is 5.11 Å². The van der Waals surface area contributed by atoms with Crippen LogP contribution in [0.3, 0.4) is 0 Å². The second-order valence-electron chi connectivity index (χ2n) is 6.93. The zero-order valence-corrected chi connectivity index (χ0v) is 17.0. The number of rotatable bonds is 12. The number of aliphatic hydroxyl groups excluding tert-OH is 1. The molecule has 1 aromatic rings. The molecule has 0 aliphatic carbocycles. The highest BCUT2D eigenvalue weighted by Crippen LogP contribution is 2.04. The largest absolute Gasteiger partial charge is 0.480 e. The van der Waals surface area contributed by atoms with Crippen molar-refractivity contribution < 1.29 is 29.4 Å². The number of carbonyl (C=O) groups is 4. The number of aliphatic imine (C=N–C) groups is 1. The molecule has 11 heteroatoms. The third-order valence-electron chi connectivity index (χ3n) is 4.52. The second-order valence-corrected chi connectivity index (χ2v) is 6.93. The minimum absolute atomic E-state index is 0.00380. The third-order valence-corrected chi connectivity index (χ3v) is 4.52. The summed E-state index contributed by atoms with van der Waals surface area (Å²) < 4.78 is 0. The quantitative estimate of drug-likeness (QED) is 0.229. The fraction of sp³-hybridized carbons (Fsp3) is 0.450. The lowest BCUT2D eigenvalue weighted by atomic mass is 10.1. The molecule has 2 rings (SSSR count). The Morgan fingerprint density at radius 2 is 1.90 bits per heavy atom. The van der Waals surface area contributed by atoms with E-state index in [1.807, 2.05) is 0 Å². The second kappa shape index (κ2) is 12.3. The number of aliphatic hydroxyl groups is 1. The third kappa shape index (κ3) is 8.05. The van der Waals surface area contributed by atoms with Crippen LogP contribution in [0.25, 0.3) is 0 Å². The van der Waals surface area contributed by atoms with E-state index in [1.54, 1.807) is 30.3 Å². The smallest absolute Gasteiger partial charge is 0.326 e. The molecule has 3 amide bonds. The maximum absolute atomic E-state index is 12.0. The van der Waals surface area contributed by atoms with Gasteiger partial charge in [-0.2, -0.15) is 0 Å². The van der Waals surface area contributed by atoms with Crippen LogP contribution in [-0.4, -0.2) is 71.6 Å². The van der Waals surface area contributed by atoms with Gasteiger partial charge in [-0.3, -0.25) is 24.7 Å². The molecule has 1 heterocycles. The Labute approximate surface area is 179 Å². The predicted octanol–water partition coefficient (Wildman–Crippen LogP) is -1.02. The number of guanidine groups is 1. The minimum atomic E-state index is -1.19. The van der Waals surface area contributed by atoms with Crippen LogP contribution < -0.4 is 21.3 Å². The first-order valence-electron chi connectivity index (χ1n) is 9.99. The molecule has 6 N–H and O–H groups in total. The molecular weight excluding hydrogens is 406 g/mol. The first-order chi connectivity index (χ1) is 14.9. The Bertz CT molecular complexity index is 814. The van der Waals surface area contributed by atoms with Crippen LogP contribution in [0.1, 0.15) is 36.0 Å². The van der Waals surface area contributed by atoms with E-state index in [0.29, 0.717) is 30.8 Å². The summed E-state index contributed by atoms with van der Waals surface area (Å²) in [6.07, 6.45) is 1.46. The van der Waals surface area contributed by atoms with Gasteiger partial charge >= 0.3 is 5.97 Å². The number of carboxylic acids is 1. The molecule has 1 unspecified atom stereocenters. The minimum Gasteiger partial charge on any atom is -0.480 e. The van der Waals surface area contributed by atoms with Gasteiger partial charge in [-0.25, -0.2) is 4.79 Å². The summed E-state index contributed by atoms with van der Waals surface area (Å²) >= 11 is 0. The van der Waals surface area contributed by atoms with E-state index < -0.39 is 29.9 Å². The zero-order chi connectivity index (χ0) is 22.6. The van der Waals surface area contributed by atoms with Crippen LogP contribution in [0.5, 0.6) is 0 Å². The molecule has 1 saturated heterocycles. The van der Waals surface area contributed by atoms with E-state index in [9.17, 15) is 24.3 Å². The highest BCUT2D eigenvalue weighted by molar-refractivity contribution is 6.06. The van der Waals surface area contributed by atoms with E-state index in [2.05, 4.69) is 26.3 Å². The summed E-state index contributed by atoms with van der Waals surface area (Å²) in [4.78, 5) is 51.3. The van der Waals surface area contributed by atoms with Gasteiger partial charge in [0.15, 0.2) is 5.96 Å². The Kier molecular flexibility index (Phi) is 9.43. The fourth-order valence-corrected chi connectivity index (χ4v) is 2.90. The summed E-state index contributed by atoms with van der Waals surface area (Å²) in [6, 6.07) is 6.79. The fourth-order valence-electron chi connectivity index (χ4n) is 2.90. The summed E-state index contributed by atoms with van der Waals surface area (Å²) in [5.74, 6) is -2.14. The maximum Gasteiger partial charge on any atom is 0.326 e. The highest BCUT2D eigenvalue weighted by Gasteiger charge is 2.27. The molecule has 1 aliphatic rings. The lowest BCUT2D eigenvalue weighted by molar-refractivity contribution is -0.141. The molecule has 1 aromatic carbocycles. The topological polar surface area (TPSA) is 169 Å². The van der Waals surface area contributed by atoms with Gasteiger partial charge in [0.05, 0.1) is 6.54 Å². The summed E-state index contributed by atoms with van der Waals surface area (Å²) in [7, 11) is 0. The maximum atomic E-state index is 12.0. The number of carboxylic acid groups (broad SMARTS) is 1. The molecule has 0 spiro atoms. The molecule has 0 aromatic heterocycles. The van der Waals surface area contributed by atoms with E-state index in [0.717, 1.165) is 0 Å². The number of amides is 3. The first-order valence-corrected chi connectivity index (χ1v) is 9.99. The number of nitrogens with one attached hydrogen (secondary N) is 4. The van der Waals surface area contributed by atoms with Crippen LogP contribution in [0.15, 0.2) is 35.3 Å². The lowest BCUT2D eigenvalue weighted by Gasteiger charge is -2.14. The van der Waals surface area contributed by atoms with Crippen molar-refractivity contribution in [1.29, 1.82) is 0 Å². The van der Waals surface area contributed by atoms with Crippen molar-refractivity contribution in [2.45, 2.75) is 37.8 Å². The molecular formula is C20H27N5O6. The van der Waals surface area contributed by atoms with Crippen LogP contribution in [0.4, 0.5) is 0 Å². The molecule has 1 aliphatic heterocycles. The van der Waals surface area contributed by atoms with Gasteiger partial charge in [0.2, 0.25) is 11.8 Å². The van der Waals surface area contributed by atoms with Gasteiger partial charge in [0.1, 0.15) is 12.1 Å². The van der Waals surface area contributed by atoms with Gasteiger partial charge in [-0.05, 0) is 37.8 Å². The number of benzene rings is 1. The first kappa shape index (κ1) is 23.8. The molecule has 31 heavy (non-hydrogen) atoms. The normalized spacial score (nSPS) is 17.5. The number of nitrogens with zero attached hydrogens (tertiary/aromatic N) is 1. The summed E-state index contributed by atoms with van der Waals surface area (Å²) in [6.45, 7) is -0.0963. The van der Waals surface area contributed by atoms with Crippen molar-refractivity contribution in [2.75, 3.05) is 19.7 Å². The zero-order valence-electron chi connectivity index (χ0n) is 17.0. The average Bonchev–Trinajstić information content (AvgIpc) is 3.12. The Balaban J connectivity index is 1.72. The van der Waals surface area contributed by atoms with Crippen molar-refractivity contribution in [3.63, 3.8) is 0 Å². The van der Waals surface area contributed by atoms with Gasteiger partial charge in [-0.1, -0.05) is 18.2 Å². The molecule has 1 fully saturated rings. The van der Waals surface area contributed by atoms with Crippen LogP contribution in [0, 0.1) is 0 Å². The molecule has 0 saturated carbocycles. The Morgan fingerprint density at radius 1 is 1.16 bits per heavy atom.